The zero-order valence-corrected chi connectivity index (χ0v) is 21.6. The molecule has 2 aromatic carbocycles. The van der Waals surface area contributed by atoms with Crippen LogP contribution >= 0.6 is 12.2 Å². The number of hydrogen-bond acceptors (Lipinski definition) is 4. The van der Waals surface area contributed by atoms with Crippen LogP contribution in [0.15, 0.2) is 91.3 Å². The Morgan fingerprint density at radius 2 is 1.59 bits per heavy atom. The van der Waals surface area contributed by atoms with Crippen LogP contribution in [0.1, 0.15) is 49.2 Å². The molecular formula is C30H30N4O2S. The molecule has 6 nitrogen and oxygen atoms in total. The fourth-order valence-electron chi connectivity index (χ4n) is 5.43. The van der Waals surface area contributed by atoms with Gasteiger partial charge in [0.05, 0.1) is 24.9 Å². The summed E-state index contributed by atoms with van der Waals surface area (Å²) in [6.07, 6.45) is 9.02. The molecule has 188 valence electrons. The number of benzene rings is 2. The van der Waals surface area contributed by atoms with Crippen LogP contribution in [0.2, 0.25) is 0 Å². The highest BCUT2D eigenvalue weighted by Crippen LogP contribution is 2.42. The Morgan fingerprint density at radius 1 is 0.865 bits per heavy atom. The highest BCUT2D eigenvalue weighted by molar-refractivity contribution is 7.80. The molecule has 0 bridgehead atoms. The van der Waals surface area contributed by atoms with E-state index in [-0.39, 0.29) is 12.1 Å². The fourth-order valence-corrected chi connectivity index (χ4v) is 5.78. The summed E-state index contributed by atoms with van der Waals surface area (Å²) in [4.78, 5) is 6.88. The molecule has 1 aliphatic heterocycles. The predicted molar refractivity (Wildman–Crippen MR) is 150 cm³/mol. The van der Waals surface area contributed by atoms with E-state index < -0.39 is 0 Å². The molecule has 1 saturated heterocycles. The molecule has 0 unspecified atom stereocenters. The Kier molecular flexibility index (Phi) is 6.53. The lowest BCUT2D eigenvalue weighted by atomic mass is 10.0. The number of thiocarbonyl (C=S) groups is 1. The smallest absolute Gasteiger partial charge is 0.174 e. The van der Waals surface area contributed by atoms with Crippen molar-refractivity contribution >= 4 is 23.0 Å². The predicted octanol–water partition coefficient (Wildman–Crippen LogP) is 6.38. The second kappa shape index (κ2) is 10.3. The second-order valence-electron chi connectivity index (χ2n) is 9.52. The minimum atomic E-state index is -0.116. The summed E-state index contributed by atoms with van der Waals surface area (Å²) < 4.78 is 13.8. The number of ether oxygens (including phenoxy) is 2. The van der Waals surface area contributed by atoms with Crippen LogP contribution in [0, 0.1) is 0 Å². The standard InChI is InChI=1S/C30H30N4O2S/c1-35-23-15-11-21(12-16-23)33-20-6-10-27(33)29-28(26-9-4-5-19-31-26)32-30(37)34(29)22-13-17-25(18-14-22)36-24-7-2-3-8-24/h4-6,9-20,24,28-29H,2-3,7-8H2,1H3,(H,32,37)/t28-,29+/m0/s1. The van der Waals surface area contributed by atoms with E-state index in [1.54, 1.807) is 7.11 Å². The molecule has 2 atom stereocenters. The van der Waals surface area contributed by atoms with Crippen LogP contribution in [0.4, 0.5) is 5.69 Å². The largest absolute Gasteiger partial charge is 0.497 e. The van der Waals surface area contributed by atoms with E-state index in [1.807, 2.05) is 30.5 Å². The Bertz CT molecular complexity index is 1350. The lowest BCUT2D eigenvalue weighted by Gasteiger charge is -2.29. The van der Waals surface area contributed by atoms with E-state index in [9.17, 15) is 0 Å². The van der Waals surface area contributed by atoms with Gasteiger partial charge in [0.15, 0.2) is 5.11 Å². The quantitative estimate of drug-likeness (QED) is 0.291. The zero-order valence-electron chi connectivity index (χ0n) is 20.8. The van der Waals surface area contributed by atoms with E-state index in [0.29, 0.717) is 11.2 Å². The van der Waals surface area contributed by atoms with Gasteiger partial charge in [-0.05, 0) is 111 Å². The van der Waals surface area contributed by atoms with Crippen LogP contribution in [0.3, 0.4) is 0 Å². The molecule has 4 aromatic rings. The monoisotopic (exact) mass is 510 g/mol. The van der Waals surface area contributed by atoms with Crippen molar-refractivity contribution in [3.8, 4) is 17.2 Å². The summed E-state index contributed by atoms with van der Waals surface area (Å²) >= 11 is 5.92. The van der Waals surface area contributed by atoms with E-state index in [2.05, 4.69) is 80.6 Å². The highest BCUT2D eigenvalue weighted by Gasteiger charge is 2.42. The van der Waals surface area contributed by atoms with Gasteiger partial charge in [0.2, 0.25) is 0 Å². The van der Waals surface area contributed by atoms with Gasteiger partial charge in [0.25, 0.3) is 0 Å². The molecule has 1 saturated carbocycles. The Labute approximate surface area is 222 Å². The summed E-state index contributed by atoms with van der Waals surface area (Å²) in [7, 11) is 1.68. The van der Waals surface area contributed by atoms with Crippen LogP contribution in [0.25, 0.3) is 5.69 Å². The number of hydrogen-bond donors (Lipinski definition) is 1. The Hall–Kier alpha value is -3.84. The van der Waals surface area contributed by atoms with Gasteiger partial charge in [-0.15, -0.1) is 0 Å². The highest BCUT2D eigenvalue weighted by atomic mass is 32.1. The van der Waals surface area contributed by atoms with Gasteiger partial charge in [0.1, 0.15) is 17.5 Å². The molecular weight excluding hydrogens is 480 g/mol. The third kappa shape index (κ3) is 4.67. The van der Waals surface area contributed by atoms with Gasteiger partial charge in [0, 0.05) is 29.5 Å². The average molecular weight is 511 g/mol. The van der Waals surface area contributed by atoms with Crippen LogP contribution in [-0.2, 0) is 0 Å². The van der Waals surface area contributed by atoms with Gasteiger partial charge < -0.3 is 24.3 Å². The molecule has 7 heteroatoms. The molecule has 0 radical (unpaired) electrons. The van der Waals surface area contributed by atoms with Gasteiger partial charge in [-0.2, -0.15) is 0 Å². The lowest BCUT2D eigenvalue weighted by Crippen LogP contribution is -2.30. The van der Waals surface area contributed by atoms with Gasteiger partial charge in [-0.25, -0.2) is 0 Å². The fraction of sp³-hybridized carbons (Fsp3) is 0.267. The van der Waals surface area contributed by atoms with Gasteiger partial charge >= 0.3 is 0 Å². The maximum absolute atomic E-state index is 6.21. The first-order valence-corrected chi connectivity index (χ1v) is 13.2. The topological polar surface area (TPSA) is 51.5 Å². The molecule has 0 amide bonds. The Morgan fingerprint density at radius 3 is 2.30 bits per heavy atom. The molecule has 1 aliphatic carbocycles. The first-order chi connectivity index (χ1) is 18.2. The molecule has 2 aliphatic rings. The molecule has 2 aromatic heterocycles. The summed E-state index contributed by atoms with van der Waals surface area (Å²) in [5.74, 6) is 1.74. The third-order valence-corrected chi connectivity index (χ3v) is 7.57. The van der Waals surface area contributed by atoms with Crippen molar-refractivity contribution in [1.29, 1.82) is 0 Å². The van der Waals surface area contributed by atoms with Crippen molar-refractivity contribution in [3.05, 3.63) is 103 Å². The number of anilines is 1. The van der Waals surface area contributed by atoms with E-state index in [1.165, 1.54) is 12.8 Å². The lowest BCUT2D eigenvalue weighted by molar-refractivity contribution is 0.210. The van der Waals surface area contributed by atoms with E-state index in [0.717, 1.165) is 47.1 Å². The number of nitrogens with zero attached hydrogens (tertiary/aromatic N) is 3. The van der Waals surface area contributed by atoms with Crippen molar-refractivity contribution in [2.45, 2.75) is 43.9 Å². The summed E-state index contributed by atoms with van der Waals surface area (Å²) in [6, 6.07) is 26.4. The molecule has 2 fully saturated rings. The normalized spacial score (nSPS) is 19.7. The summed E-state index contributed by atoms with van der Waals surface area (Å²) in [6.45, 7) is 0. The number of pyridine rings is 1. The van der Waals surface area contributed by atoms with Crippen molar-refractivity contribution in [1.82, 2.24) is 14.9 Å². The van der Waals surface area contributed by atoms with Gasteiger partial charge in [-0.3, -0.25) is 4.98 Å². The SMILES string of the molecule is COc1ccc(-n2cccc2[C@@H]2[C@H](c3ccccn3)NC(=S)N2c2ccc(OC3CCCC3)cc2)cc1. The van der Waals surface area contributed by atoms with Gasteiger partial charge in [-0.1, -0.05) is 6.07 Å². The number of nitrogens with one attached hydrogen (secondary N) is 1. The van der Waals surface area contributed by atoms with Crippen molar-refractivity contribution in [2.24, 2.45) is 0 Å². The molecule has 6 rings (SSSR count). The van der Waals surface area contributed by atoms with Crippen LogP contribution in [0.5, 0.6) is 11.5 Å². The maximum Gasteiger partial charge on any atom is 0.174 e. The second-order valence-corrected chi connectivity index (χ2v) is 9.90. The third-order valence-electron chi connectivity index (χ3n) is 7.25. The van der Waals surface area contributed by atoms with Crippen LogP contribution < -0.4 is 19.7 Å². The number of aromatic nitrogens is 2. The maximum atomic E-state index is 6.21. The molecule has 37 heavy (non-hydrogen) atoms. The van der Waals surface area contributed by atoms with Crippen LogP contribution in [-0.4, -0.2) is 27.9 Å². The van der Waals surface area contributed by atoms with Crippen molar-refractivity contribution < 1.29 is 9.47 Å². The molecule has 3 heterocycles. The average Bonchev–Trinajstić information content (AvgIpc) is 3.70. The summed E-state index contributed by atoms with van der Waals surface area (Å²) in [5.41, 5.74) is 4.13. The minimum absolute atomic E-state index is 0.110. The minimum Gasteiger partial charge on any atom is -0.497 e. The molecule has 0 spiro atoms. The zero-order chi connectivity index (χ0) is 25.2. The number of rotatable bonds is 7. The van der Waals surface area contributed by atoms with Crippen molar-refractivity contribution in [3.63, 3.8) is 0 Å². The van der Waals surface area contributed by atoms with Crippen molar-refractivity contribution in [2.75, 3.05) is 12.0 Å². The van der Waals surface area contributed by atoms with E-state index >= 15 is 0 Å². The number of methoxy groups -OCH3 is 1. The first kappa shape index (κ1) is 23.6. The summed E-state index contributed by atoms with van der Waals surface area (Å²) in [5, 5.41) is 4.23. The van der Waals surface area contributed by atoms with E-state index in [4.69, 9.17) is 21.7 Å². The Balaban J connectivity index is 1.38. The molecule has 1 N–H and O–H groups in total. The first-order valence-electron chi connectivity index (χ1n) is 12.8.